The monoisotopic (exact) mass is 604 g/mol. The third-order valence-electron chi connectivity index (χ3n) is 8.84. The lowest BCUT2D eigenvalue weighted by Gasteiger charge is -2.30. The summed E-state index contributed by atoms with van der Waals surface area (Å²) >= 11 is 0. The van der Waals surface area contributed by atoms with Gasteiger partial charge < -0.3 is 9.47 Å². The van der Waals surface area contributed by atoms with E-state index in [1.165, 1.54) is 10.0 Å². The predicted octanol–water partition coefficient (Wildman–Crippen LogP) is 4.82. The predicted molar refractivity (Wildman–Crippen MR) is 166 cm³/mol. The first-order chi connectivity index (χ1) is 22.0. The van der Waals surface area contributed by atoms with Crippen LogP contribution in [-0.4, -0.2) is 66.3 Å². The van der Waals surface area contributed by atoms with Crippen LogP contribution in [-0.2, 0) is 14.4 Å². The molecule has 1 saturated heterocycles. The second-order valence-corrected chi connectivity index (χ2v) is 11.4. The van der Waals surface area contributed by atoms with Crippen LogP contribution in [0.2, 0.25) is 0 Å². The standard InChI is InChI=1S/C34H32N6O5/c1-44-25-15-11-21(12-16-25)19-23-7-6-10-27-29(23)36-40(31(27)22-13-17-26(45-2)18-14-22)28(41)20-38-32-30(35-37-38)33(42)39(34(32)43)24-8-4-3-5-9-24/h3-5,8-9,11-19,27,30-32H,6-7,10,20H2,1-2H3/b23-19-/t27-,30+,31+,32-/m1/s1. The fraction of sp³-hybridized carbons (Fsp3) is 0.294. The average Bonchev–Trinajstić information content (AvgIpc) is 3.75. The van der Waals surface area contributed by atoms with Crippen molar-refractivity contribution in [3.05, 3.63) is 95.6 Å². The number of nitrogens with zero attached hydrogens (tertiary/aromatic N) is 6. The van der Waals surface area contributed by atoms with Crippen molar-refractivity contribution in [2.75, 3.05) is 25.7 Å². The van der Waals surface area contributed by atoms with Gasteiger partial charge in [-0.2, -0.15) is 10.2 Å². The molecule has 3 aliphatic heterocycles. The molecule has 7 rings (SSSR count). The van der Waals surface area contributed by atoms with Crippen molar-refractivity contribution in [3.63, 3.8) is 0 Å². The molecule has 45 heavy (non-hydrogen) atoms. The molecule has 2 fully saturated rings. The van der Waals surface area contributed by atoms with Gasteiger partial charge in [0.2, 0.25) is 0 Å². The Kier molecular flexibility index (Phi) is 7.36. The molecule has 4 aliphatic rings. The minimum absolute atomic E-state index is 0.0168. The van der Waals surface area contributed by atoms with Gasteiger partial charge in [-0.25, -0.2) is 9.91 Å². The van der Waals surface area contributed by atoms with Crippen molar-refractivity contribution < 1.29 is 23.9 Å². The number of imide groups is 1. The van der Waals surface area contributed by atoms with Gasteiger partial charge in [-0.1, -0.05) is 47.7 Å². The number of anilines is 1. The zero-order valence-corrected chi connectivity index (χ0v) is 24.9. The smallest absolute Gasteiger partial charge is 0.264 e. The lowest BCUT2D eigenvalue weighted by Crippen LogP contribution is -2.45. The quantitative estimate of drug-likeness (QED) is 0.357. The zero-order chi connectivity index (χ0) is 31.1. The first kappa shape index (κ1) is 28.5. The summed E-state index contributed by atoms with van der Waals surface area (Å²) in [6, 6.07) is 21.9. The average molecular weight is 605 g/mol. The van der Waals surface area contributed by atoms with E-state index in [0.29, 0.717) is 5.69 Å². The van der Waals surface area contributed by atoms with E-state index in [1.54, 1.807) is 38.5 Å². The summed E-state index contributed by atoms with van der Waals surface area (Å²) in [5.74, 6) is 0.245. The summed E-state index contributed by atoms with van der Waals surface area (Å²) in [7, 11) is 3.26. The van der Waals surface area contributed by atoms with Gasteiger partial charge in [0.1, 0.15) is 18.0 Å². The van der Waals surface area contributed by atoms with E-state index < -0.39 is 23.9 Å². The maximum absolute atomic E-state index is 14.1. The highest BCUT2D eigenvalue weighted by atomic mass is 16.5. The maximum Gasteiger partial charge on any atom is 0.264 e. The summed E-state index contributed by atoms with van der Waals surface area (Å²) in [5, 5.41) is 16.0. The number of hydrazone groups is 1. The number of methoxy groups -OCH3 is 2. The third-order valence-corrected chi connectivity index (χ3v) is 8.84. The summed E-state index contributed by atoms with van der Waals surface area (Å²) < 4.78 is 10.7. The number of ether oxygens (including phenoxy) is 2. The SMILES string of the molecule is COc1ccc(/C=C2/CCC[C@@H]3C2=NN(C(=O)CN2N=N[C@@H]4C(=O)N(c5ccccc5)C(=O)[C@@H]42)[C@H]3c2ccc(OC)cc2)cc1. The van der Waals surface area contributed by atoms with Crippen LogP contribution in [0.1, 0.15) is 36.4 Å². The van der Waals surface area contributed by atoms with E-state index in [9.17, 15) is 14.4 Å². The Labute approximate surface area is 260 Å². The molecule has 4 atom stereocenters. The molecular weight excluding hydrogens is 572 g/mol. The molecule has 0 spiro atoms. The van der Waals surface area contributed by atoms with E-state index in [-0.39, 0.29) is 24.4 Å². The zero-order valence-electron chi connectivity index (χ0n) is 24.9. The number of carbonyl (C=O) groups excluding carboxylic acids is 3. The summed E-state index contributed by atoms with van der Waals surface area (Å²) in [6.07, 6.45) is 4.79. The molecule has 11 nitrogen and oxygen atoms in total. The lowest BCUT2D eigenvalue weighted by atomic mass is 9.77. The van der Waals surface area contributed by atoms with Crippen molar-refractivity contribution in [3.8, 4) is 11.5 Å². The topological polar surface area (TPSA) is 116 Å². The molecule has 3 aromatic carbocycles. The van der Waals surface area contributed by atoms with E-state index in [2.05, 4.69) is 16.4 Å². The third kappa shape index (κ3) is 5.03. The highest BCUT2D eigenvalue weighted by Gasteiger charge is 2.55. The summed E-state index contributed by atoms with van der Waals surface area (Å²) in [6.45, 7) is -0.250. The van der Waals surface area contributed by atoms with E-state index in [0.717, 1.165) is 58.1 Å². The number of rotatable bonds is 7. The molecule has 3 amide bonds. The van der Waals surface area contributed by atoms with Gasteiger partial charge >= 0.3 is 0 Å². The first-order valence-corrected chi connectivity index (χ1v) is 15.0. The molecule has 0 N–H and O–H groups in total. The molecule has 3 heterocycles. The van der Waals surface area contributed by atoms with Crippen LogP contribution in [0.4, 0.5) is 5.69 Å². The molecule has 0 unspecified atom stereocenters. The Bertz CT molecular complexity index is 1720. The van der Waals surface area contributed by atoms with Gasteiger partial charge in [0.25, 0.3) is 17.7 Å². The van der Waals surface area contributed by atoms with E-state index >= 15 is 0 Å². The minimum atomic E-state index is -0.991. The first-order valence-electron chi connectivity index (χ1n) is 15.0. The number of hydrogen-bond donors (Lipinski definition) is 0. The molecule has 228 valence electrons. The number of para-hydroxylation sites is 1. The number of benzene rings is 3. The fourth-order valence-electron chi connectivity index (χ4n) is 6.64. The van der Waals surface area contributed by atoms with Crippen LogP contribution in [0.25, 0.3) is 6.08 Å². The Morgan fingerprint density at radius 3 is 2.27 bits per heavy atom. The minimum Gasteiger partial charge on any atom is -0.497 e. The summed E-state index contributed by atoms with van der Waals surface area (Å²) in [5.41, 5.74) is 4.39. The molecule has 11 heteroatoms. The summed E-state index contributed by atoms with van der Waals surface area (Å²) in [4.78, 5) is 41.9. The molecule has 3 aromatic rings. The lowest BCUT2D eigenvalue weighted by molar-refractivity contribution is -0.136. The number of amides is 3. The fourth-order valence-corrected chi connectivity index (χ4v) is 6.64. The van der Waals surface area contributed by atoms with Crippen molar-refractivity contribution >= 4 is 35.2 Å². The van der Waals surface area contributed by atoms with E-state index in [1.807, 2.05) is 54.6 Å². The molecule has 0 aromatic heterocycles. The van der Waals surface area contributed by atoms with Crippen LogP contribution in [0, 0.1) is 5.92 Å². The molecule has 0 bridgehead atoms. The van der Waals surface area contributed by atoms with Crippen LogP contribution >= 0.6 is 0 Å². The highest BCUT2D eigenvalue weighted by Crippen LogP contribution is 2.45. The maximum atomic E-state index is 14.1. The Morgan fingerprint density at radius 2 is 1.58 bits per heavy atom. The largest absolute Gasteiger partial charge is 0.497 e. The molecule has 0 radical (unpaired) electrons. The van der Waals surface area contributed by atoms with Crippen LogP contribution < -0.4 is 14.4 Å². The van der Waals surface area contributed by atoms with Gasteiger partial charge in [0.15, 0.2) is 12.1 Å². The Balaban J connectivity index is 1.19. The number of fused-ring (bicyclic) bond motifs is 2. The van der Waals surface area contributed by atoms with Crippen molar-refractivity contribution in [1.29, 1.82) is 0 Å². The van der Waals surface area contributed by atoms with Crippen molar-refractivity contribution in [2.45, 2.75) is 37.4 Å². The van der Waals surface area contributed by atoms with Gasteiger partial charge in [0.05, 0.1) is 31.7 Å². The number of hydrogen-bond acceptors (Lipinski definition) is 9. The second-order valence-electron chi connectivity index (χ2n) is 11.4. The van der Waals surface area contributed by atoms with Crippen LogP contribution in [0.5, 0.6) is 11.5 Å². The Morgan fingerprint density at radius 1 is 0.889 bits per heavy atom. The normalized spacial score (nSPS) is 24.6. The second kappa shape index (κ2) is 11.6. The molecular formula is C34H32N6O5. The van der Waals surface area contributed by atoms with E-state index in [4.69, 9.17) is 14.6 Å². The Hall–Kier alpha value is -5.32. The van der Waals surface area contributed by atoms with Gasteiger partial charge in [-0.15, -0.1) is 0 Å². The highest BCUT2D eigenvalue weighted by molar-refractivity contribution is 6.25. The number of allylic oxidation sites excluding steroid dienone is 1. The van der Waals surface area contributed by atoms with Gasteiger partial charge in [-0.05, 0) is 78.4 Å². The van der Waals surface area contributed by atoms with Crippen molar-refractivity contribution in [1.82, 2.24) is 10.0 Å². The van der Waals surface area contributed by atoms with Crippen LogP contribution in [0.3, 0.4) is 0 Å². The molecule has 1 saturated carbocycles. The number of carbonyl (C=O) groups is 3. The van der Waals surface area contributed by atoms with Crippen molar-refractivity contribution in [2.24, 2.45) is 21.4 Å². The molecule has 1 aliphatic carbocycles. The van der Waals surface area contributed by atoms with Gasteiger partial charge in [-0.3, -0.25) is 19.4 Å². The van der Waals surface area contributed by atoms with Gasteiger partial charge in [0, 0.05) is 5.92 Å². The van der Waals surface area contributed by atoms with Crippen LogP contribution in [0.15, 0.2) is 99.9 Å².